The average molecular weight is 800 g/mol. The van der Waals surface area contributed by atoms with Crippen molar-refractivity contribution in [2.24, 2.45) is 0 Å². The van der Waals surface area contributed by atoms with E-state index in [1.165, 1.54) is 83.5 Å². The molecule has 0 saturated heterocycles. The van der Waals surface area contributed by atoms with Crippen LogP contribution in [0.1, 0.15) is 187 Å². The highest BCUT2D eigenvalue weighted by atomic mass is 31.2. The molecule has 0 saturated carbocycles. The molecule has 0 aromatic carbocycles. The molecule has 0 rings (SSSR count). The third-order valence-electron chi connectivity index (χ3n) is 9.18. The number of esters is 1. The summed E-state index contributed by atoms with van der Waals surface area (Å²) in [5.74, 6) is -2.38. The van der Waals surface area contributed by atoms with Crippen LogP contribution < -0.4 is 5.32 Å². The number of carboxylic acid groups (broad SMARTS) is 1. The molecule has 3 atom stereocenters. The number of carbonyl (C=O) groups is 3. The number of phosphoric acid groups is 1. The number of ether oxygens (including phenoxy) is 1. The monoisotopic (exact) mass is 800 g/mol. The fraction of sp³-hybridized carbons (Fsp3) is 0.791. The number of hydrogen-bond donors (Lipinski definition) is 4. The Hall–Kier alpha value is -2.30. The van der Waals surface area contributed by atoms with Crippen LogP contribution in [0, 0.1) is 0 Å². The number of phosphoric ester groups is 1. The standard InChI is InChI=1S/C43H78NO10P/c1-3-5-7-9-11-13-14-15-16-17-18-19-20-21-22-23-24-25-26-27-28-30-32-34-41(46)44-40(43(48)49)38-54-55(50,51)53-37-39(45)36-52-42(47)35-33-31-29-12-10-8-6-4-2/h11,13,15-16,18-19,39-40,45H,3-10,12,14,17,20-38H2,1-2H3,(H,44,46)(H,48,49)(H,50,51)/b13-11-,16-15-,19-18-. The van der Waals surface area contributed by atoms with Crippen LogP contribution >= 0.6 is 7.82 Å². The van der Waals surface area contributed by atoms with Gasteiger partial charge in [-0.1, -0.05) is 159 Å². The molecule has 0 fully saturated rings. The van der Waals surface area contributed by atoms with E-state index >= 15 is 0 Å². The van der Waals surface area contributed by atoms with Gasteiger partial charge in [0.15, 0.2) is 6.04 Å². The van der Waals surface area contributed by atoms with Crippen LogP contribution in [0.2, 0.25) is 0 Å². The first-order valence-electron chi connectivity index (χ1n) is 21.5. The van der Waals surface area contributed by atoms with Crippen molar-refractivity contribution in [2.75, 3.05) is 19.8 Å². The first-order valence-corrected chi connectivity index (χ1v) is 23.0. The number of hydrogen-bond acceptors (Lipinski definition) is 8. The lowest BCUT2D eigenvalue weighted by Crippen LogP contribution is -2.43. The van der Waals surface area contributed by atoms with Gasteiger partial charge in [0.1, 0.15) is 12.7 Å². The van der Waals surface area contributed by atoms with E-state index in [9.17, 15) is 34.1 Å². The molecule has 1 amide bonds. The maximum Gasteiger partial charge on any atom is 0.472 e. The van der Waals surface area contributed by atoms with Crippen molar-refractivity contribution in [1.82, 2.24) is 5.32 Å². The lowest BCUT2D eigenvalue weighted by Gasteiger charge is -2.18. The van der Waals surface area contributed by atoms with Crippen molar-refractivity contribution >= 4 is 25.7 Å². The number of carboxylic acids is 1. The van der Waals surface area contributed by atoms with Gasteiger partial charge in [0.2, 0.25) is 5.91 Å². The number of rotatable bonds is 40. The molecule has 3 unspecified atom stereocenters. The Kier molecular flexibility index (Phi) is 37.0. The fourth-order valence-corrected chi connectivity index (χ4v) is 6.56. The van der Waals surface area contributed by atoms with Gasteiger partial charge in [-0.05, 0) is 51.4 Å². The second kappa shape index (κ2) is 38.6. The summed E-state index contributed by atoms with van der Waals surface area (Å²) in [6.07, 6.45) is 40.4. The van der Waals surface area contributed by atoms with E-state index in [1.807, 2.05) is 0 Å². The molecule has 0 aliphatic heterocycles. The van der Waals surface area contributed by atoms with E-state index < -0.39 is 57.6 Å². The van der Waals surface area contributed by atoms with Gasteiger partial charge in [-0.15, -0.1) is 0 Å². The summed E-state index contributed by atoms with van der Waals surface area (Å²) in [5.41, 5.74) is 0. The highest BCUT2D eigenvalue weighted by Gasteiger charge is 2.28. The normalized spacial score (nSPS) is 14.1. The molecule has 55 heavy (non-hydrogen) atoms. The van der Waals surface area contributed by atoms with Crippen LogP contribution in [0.3, 0.4) is 0 Å². The lowest BCUT2D eigenvalue weighted by molar-refractivity contribution is -0.147. The van der Waals surface area contributed by atoms with Crippen LogP contribution in [0.4, 0.5) is 0 Å². The smallest absolute Gasteiger partial charge is 0.472 e. The maximum absolute atomic E-state index is 12.3. The summed E-state index contributed by atoms with van der Waals surface area (Å²) in [5, 5.41) is 21.8. The van der Waals surface area contributed by atoms with Crippen LogP contribution in [0.5, 0.6) is 0 Å². The summed E-state index contributed by atoms with van der Waals surface area (Å²) < 4.78 is 26.7. The molecule has 0 aliphatic rings. The minimum absolute atomic E-state index is 0.141. The Morgan fingerprint density at radius 3 is 1.53 bits per heavy atom. The Balaban J connectivity index is 3.87. The summed E-state index contributed by atoms with van der Waals surface area (Å²) in [4.78, 5) is 45.7. The second-order valence-corrected chi connectivity index (χ2v) is 16.0. The molecule has 0 aromatic rings. The van der Waals surface area contributed by atoms with Gasteiger partial charge in [-0.2, -0.15) is 0 Å². The zero-order chi connectivity index (χ0) is 40.7. The van der Waals surface area contributed by atoms with Crippen LogP contribution in [-0.4, -0.2) is 64.9 Å². The highest BCUT2D eigenvalue weighted by Crippen LogP contribution is 2.43. The van der Waals surface area contributed by atoms with Crippen LogP contribution in [0.15, 0.2) is 36.5 Å². The van der Waals surface area contributed by atoms with E-state index in [-0.39, 0.29) is 12.8 Å². The SMILES string of the molecule is CCCCC/C=C\C/C=C\C/C=C\CCCCCCCCCCCCC(=O)NC(COP(=O)(O)OCC(O)COC(=O)CCCCCCCCCC)C(=O)O. The van der Waals surface area contributed by atoms with Gasteiger partial charge < -0.3 is 25.2 Å². The summed E-state index contributed by atoms with van der Waals surface area (Å²) >= 11 is 0. The number of nitrogens with one attached hydrogen (secondary N) is 1. The van der Waals surface area contributed by atoms with Gasteiger partial charge in [0, 0.05) is 12.8 Å². The van der Waals surface area contributed by atoms with Crippen molar-refractivity contribution in [3.63, 3.8) is 0 Å². The van der Waals surface area contributed by atoms with Crippen molar-refractivity contribution in [3.8, 4) is 0 Å². The van der Waals surface area contributed by atoms with Crippen molar-refractivity contribution in [1.29, 1.82) is 0 Å². The minimum atomic E-state index is -4.75. The first kappa shape index (κ1) is 52.7. The second-order valence-electron chi connectivity index (χ2n) is 14.5. The van der Waals surface area contributed by atoms with E-state index in [2.05, 4.69) is 55.6 Å². The molecule has 0 radical (unpaired) electrons. The Morgan fingerprint density at radius 1 is 0.582 bits per heavy atom. The number of unbranched alkanes of at least 4 members (excludes halogenated alkanes) is 20. The molecule has 0 heterocycles. The predicted molar refractivity (Wildman–Crippen MR) is 222 cm³/mol. The van der Waals surface area contributed by atoms with Gasteiger partial charge in [0.05, 0.1) is 13.2 Å². The minimum Gasteiger partial charge on any atom is -0.480 e. The molecular formula is C43H78NO10P. The lowest BCUT2D eigenvalue weighted by atomic mass is 10.0. The Bertz CT molecular complexity index is 1080. The molecule has 0 spiro atoms. The van der Waals surface area contributed by atoms with Gasteiger partial charge in [-0.25, -0.2) is 9.36 Å². The fourth-order valence-electron chi connectivity index (χ4n) is 5.79. The molecule has 0 aliphatic carbocycles. The molecule has 0 bridgehead atoms. The average Bonchev–Trinajstić information content (AvgIpc) is 3.16. The Morgan fingerprint density at radius 2 is 1.00 bits per heavy atom. The van der Waals surface area contributed by atoms with E-state index in [4.69, 9.17) is 13.8 Å². The summed E-state index contributed by atoms with van der Waals surface area (Å²) in [6.45, 7) is 2.52. The molecule has 12 heteroatoms. The van der Waals surface area contributed by atoms with E-state index in [0.29, 0.717) is 12.8 Å². The first-order chi connectivity index (χ1) is 26.6. The van der Waals surface area contributed by atoms with Crippen molar-refractivity contribution in [3.05, 3.63) is 36.5 Å². The number of aliphatic carboxylic acids is 1. The number of aliphatic hydroxyl groups excluding tert-OH is 1. The zero-order valence-electron chi connectivity index (χ0n) is 34.5. The molecule has 4 N–H and O–H groups in total. The molecule has 0 aromatic heterocycles. The predicted octanol–water partition coefficient (Wildman–Crippen LogP) is 10.8. The van der Waals surface area contributed by atoms with Crippen LogP contribution in [-0.2, 0) is 32.7 Å². The number of carbonyl (C=O) groups excluding carboxylic acids is 2. The van der Waals surface area contributed by atoms with Crippen molar-refractivity contribution in [2.45, 2.75) is 199 Å². The molecule has 320 valence electrons. The molecular weight excluding hydrogens is 721 g/mol. The van der Waals surface area contributed by atoms with Crippen molar-refractivity contribution < 1.29 is 47.8 Å². The topological polar surface area (TPSA) is 169 Å². The van der Waals surface area contributed by atoms with Gasteiger partial charge in [0.25, 0.3) is 0 Å². The maximum atomic E-state index is 12.3. The third-order valence-corrected chi connectivity index (χ3v) is 10.1. The molecule has 11 nitrogen and oxygen atoms in total. The van der Waals surface area contributed by atoms with Gasteiger partial charge >= 0.3 is 19.8 Å². The largest absolute Gasteiger partial charge is 0.480 e. The summed E-state index contributed by atoms with van der Waals surface area (Å²) in [6, 6.07) is -1.55. The number of allylic oxidation sites excluding steroid dienone is 6. The van der Waals surface area contributed by atoms with E-state index in [1.54, 1.807) is 0 Å². The Labute approximate surface area is 333 Å². The van der Waals surface area contributed by atoms with E-state index in [0.717, 1.165) is 64.2 Å². The highest BCUT2D eigenvalue weighted by molar-refractivity contribution is 7.47. The van der Waals surface area contributed by atoms with Crippen LogP contribution in [0.25, 0.3) is 0 Å². The number of aliphatic hydroxyl groups is 1. The van der Waals surface area contributed by atoms with Gasteiger partial charge in [-0.3, -0.25) is 18.6 Å². The zero-order valence-corrected chi connectivity index (χ0v) is 35.4. The quantitative estimate of drug-likeness (QED) is 0.0202. The number of amides is 1. The third kappa shape index (κ3) is 38.4. The summed E-state index contributed by atoms with van der Waals surface area (Å²) in [7, 11) is -4.75.